The van der Waals surface area contributed by atoms with E-state index >= 15 is 0 Å². The van der Waals surface area contributed by atoms with Crippen molar-refractivity contribution in [3.63, 3.8) is 0 Å². The van der Waals surface area contributed by atoms with Crippen molar-refractivity contribution in [2.24, 2.45) is 0 Å². The lowest BCUT2D eigenvalue weighted by Crippen LogP contribution is -2.17. The van der Waals surface area contributed by atoms with E-state index in [0.29, 0.717) is 28.1 Å². The van der Waals surface area contributed by atoms with Gasteiger partial charge in [0.2, 0.25) is 5.91 Å². The molecule has 1 atom stereocenters. The summed E-state index contributed by atoms with van der Waals surface area (Å²) in [6.07, 6.45) is 3.08. The van der Waals surface area contributed by atoms with Crippen LogP contribution in [-0.4, -0.2) is 31.7 Å². The average Bonchev–Trinajstić information content (AvgIpc) is 2.72. The van der Waals surface area contributed by atoms with Crippen LogP contribution in [-0.2, 0) is 19.1 Å². The molecule has 8 heteroatoms. The minimum absolute atomic E-state index is 0.0892. The van der Waals surface area contributed by atoms with E-state index in [2.05, 4.69) is 15.4 Å². The number of carbonyl (C=O) groups excluding carboxylic acids is 3. The highest BCUT2D eigenvalue weighted by Crippen LogP contribution is 2.35. The van der Waals surface area contributed by atoms with Crippen LogP contribution in [0.4, 0.5) is 20.6 Å². The first-order valence-corrected chi connectivity index (χ1v) is 9.82. The van der Waals surface area contributed by atoms with Gasteiger partial charge in [0.25, 0.3) is 0 Å². The Kier molecular flexibility index (Phi) is 7.02. The van der Waals surface area contributed by atoms with Gasteiger partial charge in [0.15, 0.2) is 0 Å². The standard InChI is InChI=1S/C23H23FN2O5/c1-3-31-22(28)19-6-4-5-7-21(27)26-20-13-17(25-23(29)30-2)8-9-18(20)14-10-15(19)12-16(24)11-14/h4-5,8-13,19H,3,6-7H2,1-2H3,(H,25,29)(H,26,27)/b5-4+. The molecule has 0 fully saturated rings. The monoisotopic (exact) mass is 426 g/mol. The zero-order chi connectivity index (χ0) is 22.4. The van der Waals surface area contributed by atoms with E-state index < -0.39 is 23.8 Å². The fourth-order valence-corrected chi connectivity index (χ4v) is 3.35. The van der Waals surface area contributed by atoms with Crippen LogP contribution in [0.3, 0.4) is 0 Å². The SMILES string of the molecule is CCOC(=O)C1C/C=C/CC(=O)Nc2cc(NC(=O)OC)ccc2-c2cc(F)cc1c2. The van der Waals surface area contributed by atoms with Gasteiger partial charge in [0.05, 0.1) is 25.3 Å². The number of hydrogen-bond acceptors (Lipinski definition) is 5. The molecule has 1 aliphatic heterocycles. The van der Waals surface area contributed by atoms with Crippen molar-refractivity contribution in [3.8, 4) is 11.1 Å². The van der Waals surface area contributed by atoms with E-state index in [1.54, 1.807) is 43.3 Å². The lowest BCUT2D eigenvalue weighted by Gasteiger charge is -2.18. The quantitative estimate of drug-likeness (QED) is 0.552. The summed E-state index contributed by atoms with van der Waals surface area (Å²) >= 11 is 0. The molecule has 1 heterocycles. The molecule has 2 aromatic carbocycles. The van der Waals surface area contributed by atoms with Crippen molar-refractivity contribution < 1.29 is 28.2 Å². The zero-order valence-corrected chi connectivity index (χ0v) is 17.2. The predicted octanol–water partition coefficient (Wildman–Crippen LogP) is 4.61. The Bertz CT molecular complexity index is 1030. The molecule has 162 valence electrons. The van der Waals surface area contributed by atoms with Crippen LogP contribution < -0.4 is 10.6 Å². The molecule has 0 saturated carbocycles. The van der Waals surface area contributed by atoms with Gasteiger partial charge < -0.3 is 14.8 Å². The molecule has 2 aromatic rings. The topological polar surface area (TPSA) is 93.7 Å². The summed E-state index contributed by atoms with van der Waals surface area (Å²) in [4.78, 5) is 36.5. The van der Waals surface area contributed by atoms with Gasteiger partial charge in [0, 0.05) is 17.7 Å². The van der Waals surface area contributed by atoms with Gasteiger partial charge in [-0.15, -0.1) is 0 Å². The summed E-state index contributed by atoms with van der Waals surface area (Å²) in [6, 6.07) is 9.18. The normalized spacial score (nSPS) is 16.6. The van der Waals surface area contributed by atoms with Gasteiger partial charge in [-0.1, -0.05) is 18.2 Å². The van der Waals surface area contributed by atoms with E-state index in [4.69, 9.17) is 4.74 Å². The average molecular weight is 426 g/mol. The summed E-state index contributed by atoms with van der Waals surface area (Å²) in [7, 11) is 1.24. The van der Waals surface area contributed by atoms with Gasteiger partial charge in [-0.3, -0.25) is 14.9 Å². The third kappa shape index (κ3) is 5.48. The highest BCUT2D eigenvalue weighted by molar-refractivity contribution is 5.98. The second kappa shape index (κ2) is 9.88. The molecule has 0 saturated heterocycles. The molecule has 1 unspecified atom stereocenters. The van der Waals surface area contributed by atoms with E-state index in [0.717, 1.165) is 0 Å². The van der Waals surface area contributed by atoms with Crippen LogP contribution in [0.2, 0.25) is 0 Å². The molecule has 0 aliphatic carbocycles. The predicted molar refractivity (Wildman–Crippen MR) is 114 cm³/mol. The van der Waals surface area contributed by atoms with Gasteiger partial charge in [-0.05, 0) is 54.8 Å². The van der Waals surface area contributed by atoms with Crippen molar-refractivity contribution in [1.29, 1.82) is 0 Å². The van der Waals surface area contributed by atoms with Crippen molar-refractivity contribution in [2.45, 2.75) is 25.7 Å². The second-order valence-electron chi connectivity index (χ2n) is 6.91. The lowest BCUT2D eigenvalue weighted by atomic mass is 9.91. The number of rotatable bonds is 3. The third-order valence-electron chi connectivity index (χ3n) is 4.77. The smallest absolute Gasteiger partial charge is 0.411 e. The Hall–Kier alpha value is -3.68. The van der Waals surface area contributed by atoms with Gasteiger partial charge >= 0.3 is 12.1 Å². The number of ether oxygens (including phenoxy) is 2. The first kappa shape index (κ1) is 22.0. The lowest BCUT2D eigenvalue weighted by molar-refractivity contribution is -0.144. The molecule has 0 spiro atoms. The molecule has 0 radical (unpaired) electrons. The maximum absolute atomic E-state index is 14.5. The molecule has 1 aliphatic rings. The number of halogens is 1. The first-order valence-electron chi connectivity index (χ1n) is 9.82. The number of anilines is 2. The van der Waals surface area contributed by atoms with Crippen LogP contribution in [0.25, 0.3) is 11.1 Å². The van der Waals surface area contributed by atoms with Crippen molar-refractivity contribution in [1.82, 2.24) is 0 Å². The van der Waals surface area contributed by atoms with Crippen LogP contribution >= 0.6 is 0 Å². The molecule has 2 bridgehead atoms. The van der Waals surface area contributed by atoms with Gasteiger partial charge in [0.1, 0.15) is 5.82 Å². The summed E-state index contributed by atoms with van der Waals surface area (Å²) in [5, 5.41) is 5.33. The maximum atomic E-state index is 14.5. The summed E-state index contributed by atoms with van der Waals surface area (Å²) in [5.74, 6) is -1.96. The van der Waals surface area contributed by atoms with Gasteiger partial charge in [-0.25, -0.2) is 9.18 Å². The van der Waals surface area contributed by atoms with E-state index in [1.807, 2.05) is 0 Å². The fourth-order valence-electron chi connectivity index (χ4n) is 3.35. The Morgan fingerprint density at radius 3 is 2.74 bits per heavy atom. The molecule has 3 rings (SSSR count). The maximum Gasteiger partial charge on any atom is 0.411 e. The Labute approximate surface area is 179 Å². The molecular formula is C23H23FN2O5. The number of fused-ring (bicyclic) bond motifs is 4. The highest BCUT2D eigenvalue weighted by Gasteiger charge is 2.23. The zero-order valence-electron chi connectivity index (χ0n) is 17.2. The highest BCUT2D eigenvalue weighted by atomic mass is 19.1. The summed E-state index contributed by atoms with van der Waals surface area (Å²) < 4.78 is 24.3. The first-order chi connectivity index (χ1) is 14.9. The summed E-state index contributed by atoms with van der Waals surface area (Å²) in [5.41, 5.74) is 2.28. The van der Waals surface area contributed by atoms with Crippen LogP contribution in [0, 0.1) is 5.82 Å². The second-order valence-corrected chi connectivity index (χ2v) is 6.91. The molecule has 2 N–H and O–H groups in total. The van der Waals surface area contributed by atoms with Crippen LogP contribution in [0.1, 0.15) is 31.2 Å². The molecule has 0 aromatic heterocycles. The third-order valence-corrected chi connectivity index (χ3v) is 4.77. The number of benzene rings is 2. The Morgan fingerprint density at radius 1 is 1.19 bits per heavy atom. The minimum Gasteiger partial charge on any atom is -0.466 e. The number of hydrogen-bond donors (Lipinski definition) is 2. The number of allylic oxidation sites excluding steroid dienone is 1. The Morgan fingerprint density at radius 2 is 2.00 bits per heavy atom. The van der Waals surface area contributed by atoms with Crippen LogP contribution in [0.5, 0.6) is 0 Å². The largest absolute Gasteiger partial charge is 0.466 e. The number of methoxy groups -OCH3 is 1. The molecular weight excluding hydrogens is 403 g/mol. The number of esters is 1. The fraction of sp³-hybridized carbons (Fsp3) is 0.261. The summed E-state index contributed by atoms with van der Waals surface area (Å²) in [6.45, 7) is 1.92. The number of nitrogens with one attached hydrogen (secondary N) is 2. The Balaban J connectivity index is 2.13. The minimum atomic E-state index is -0.697. The number of amides is 2. The van der Waals surface area contributed by atoms with Crippen molar-refractivity contribution in [2.75, 3.05) is 24.4 Å². The molecule has 7 nitrogen and oxygen atoms in total. The van der Waals surface area contributed by atoms with Crippen LogP contribution in [0.15, 0.2) is 48.6 Å². The van der Waals surface area contributed by atoms with Crippen molar-refractivity contribution >= 4 is 29.3 Å². The van der Waals surface area contributed by atoms with Crippen molar-refractivity contribution in [3.05, 3.63) is 59.9 Å². The van der Waals surface area contributed by atoms with Gasteiger partial charge in [-0.2, -0.15) is 0 Å². The van der Waals surface area contributed by atoms with E-state index in [1.165, 1.54) is 19.2 Å². The van der Waals surface area contributed by atoms with E-state index in [-0.39, 0.29) is 25.4 Å². The molecule has 31 heavy (non-hydrogen) atoms. The van der Waals surface area contributed by atoms with E-state index in [9.17, 15) is 18.8 Å². The number of carbonyl (C=O) groups is 3. The molecule has 2 amide bonds.